The number of nitrogens with one attached hydrogen (secondary N) is 6. The third-order valence-electron chi connectivity index (χ3n) is 9.84. The number of likely N-dealkylation sites (tertiary alicyclic amines) is 1. The first-order chi connectivity index (χ1) is 27.4. The van der Waals surface area contributed by atoms with E-state index in [0.29, 0.717) is 24.1 Å². The number of aliphatic carboxylic acids is 1. The molecule has 4 atom stereocenters. The molecule has 0 aliphatic carbocycles. The zero-order chi connectivity index (χ0) is 40.9. The van der Waals surface area contributed by atoms with Gasteiger partial charge in [0.15, 0.2) is 0 Å². The molecule has 7 amide bonds. The minimum atomic E-state index is -1.24. The van der Waals surface area contributed by atoms with Gasteiger partial charge in [-0.2, -0.15) is 0 Å². The van der Waals surface area contributed by atoms with E-state index in [1.807, 2.05) is 60.7 Å². The summed E-state index contributed by atoms with van der Waals surface area (Å²) in [5.74, 6) is -4.75. The van der Waals surface area contributed by atoms with Crippen molar-refractivity contribution in [2.75, 3.05) is 24.3 Å². The number of H-pyrrole nitrogens is 1. The number of carboxylic acids is 1. The van der Waals surface area contributed by atoms with Crippen molar-refractivity contribution < 1.29 is 38.7 Å². The van der Waals surface area contributed by atoms with Crippen LogP contribution >= 0.6 is 11.6 Å². The number of aromatic nitrogens is 1. The number of carbonyl (C=O) groups excluding carboxylic acids is 6. The summed E-state index contributed by atoms with van der Waals surface area (Å²) in [6.45, 7) is 0.303. The Labute approximate surface area is 333 Å². The summed E-state index contributed by atoms with van der Waals surface area (Å²) in [5, 5.41) is 25.5. The maximum atomic E-state index is 14.3. The van der Waals surface area contributed by atoms with Gasteiger partial charge in [0.2, 0.25) is 29.5 Å². The fourth-order valence-electron chi connectivity index (χ4n) is 6.98. The molecule has 16 nitrogen and oxygen atoms in total. The van der Waals surface area contributed by atoms with Crippen molar-refractivity contribution in [1.82, 2.24) is 31.2 Å². The van der Waals surface area contributed by atoms with Crippen LogP contribution in [-0.2, 0) is 35.2 Å². The number of primary amides is 1. The number of benzene rings is 3. The number of aromatic amines is 1. The number of hydrogen-bond acceptors (Lipinski definition) is 7. The van der Waals surface area contributed by atoms with Crippen molar-refractivity contribution in [1.29, 1.82) is 0 Å². The number of hydrogen-bond donors (Lipinski definition) is 8. The van der Waals surface area contributed by atoms with Crippen LogP contribution in [-0.4, -0.2) is 99.7 Å². The molecule has 17 heteroatoms. The maximum absolute atomic E-state index is 14.3. The Balaban J connectivity index is 1.40. The van der Waals surface area contributed by atoms with E-state index in [2.05, 4.69) is 31.6 Å². The maximum Gasteiger partial charge on any atom is 0.312 e. The second-order valence-corrected chi connectivity index (χ2v) is 14.2. The van der Waals surface area contributed by atoms with Crippen LogP contribution in [0.1, 0.15) is 50.5 Å². The fourth-order valence-corrected chi connectivity index (χ4v) is 7.06. The fraction of sp³-hybridized carbons (Fsp3) is 0.375. The molecule has 0 radical (unpaired) electrons. The van der Waals surface area contributed by atoms with Gasteiger partial charge in [0.05, 0.1) is 0 Å². The van der Waals surface area contributed by atoms with E-state index in [4.69, 9.17) is 17.3 Å². The standard InChI is InChI=1S/C40H47ClN8O8/c41-22-34(50)46-31(16-17-35(51)52)39(56)49-19-6-5-13-33(49)38(55)48-32(21-26-23-44-29-11-4-3-10-28(26)29)37(54)47-30(12-7-18-43-40(42)57)36(53)45-27-15-14-24-8-1-2-9-25(24)20-27/h1-4,8-11,14-15,20,23,30-33,44H,5-7,12-13,16-19,21-22H2,(H,45,53)(H,46,50)(H,47,54)(H,48,55)(H,51,52)(H3,42,43,57)/t30-,31-,32?,33-/m0/s1. The highest BCUT2D eigenvalue weighted by molar-refractivity contribution is 6.27. The van der Waals surface area contributed by atoms with E-state index >= 15 is 0 Å². The minimum absolute atomic E-state index is 0.0114. The van der Waals surface area contributed by atoms with Crippen molar-refractivity contribution in [2.45, 2.75) is 75.5 Å². The van der Waals surface area contributed by atoms with Crippen molar-refractivity contribution in [3.8, 4) is 0 Å². The van der Waals surface area contributed by atoms with Gasteiger partial charge in [-0.15, -0.1) is 11.6 Å². The lowest BCUT2D eigenvalue weighted by molar-refractivity contribution is -0.146. The van der Waals surface area contributed by atoms with Crippen LogP contribution in [0.5, 0.6) is 0 Å². The first-order valence-electron chi connectivity index (χ1n) is 18.8. The summed E-state index contributed by atoms with van der Waals surface area (Å²) in [5.41, 5.74) is 7.26. The van der Waals surface area contributed by atoms with Gasteiger partial charge in [-0.05, 0) is 73.1 Å². The van der Waals surface area contributed by atoms with Gasteiger partial charge in [-0.25, -0.2) is 4.79 Å². The van der Waals surface area contributed by atoms with Gasteiger partial charge >= 0.3 is 12.0 Å². The second-order valence-electron chi connectivity index (χ2n) is 13.9. The number of carbonyl (C=O) groups is 7. The highest BCUT2D eigenvalue weighted by atomic mass is 35.5. The summed E-state index contributed by atoms with van der Waals surface area (Å²) in [7, 11) is 0. The van der Waals surface area contributed by atoms with Gasteiger partial charge in [-0.3, -0.25) is 28.8 Å². The number of carboxylic acid groups (broad SMARTS) is 1. The first kappa shape index (κ1) is 42.0. The third kappa shape index (κ3) is 11.7. The normalized spacial score (nSPS) is 15.5. The topological polar surface area (TPSA) is 245 Å². The average Bonchev–Trinajstić information content (AvgIpc) is 3.62. The third-order valence-corrected chi connectivity index (χ3v) is 10.1. The number of urea groups is 1. The summed E-state index contributed by atoms with van der Waals surface area (Å²) in [4.78, 5) is 95.6. The lowest BCUT2D eigenvalue weighted by Gasteiger charge is -2.37. The number of piperidine rings is 1. The zero-order valence-electron chi connectivity index (χ0n) is 31.2. The predicted octanol–water partition coefficient (Wildman–Crippen LogP) is 2.89. The predicted molar refractivity (Wildman–Crippen MR) is 214 cm³/mol. The van der Waals surface area contributed by atoms with E-state index in [1.165, 1.54) is 4.90 Å². The van der Waals surface area contributed by atoms with E-state index in [0.717, 1.165) is 21.7 Å². The molecular weight excluding hydrogens is 756 g/mol. The molecule has 2 heterocycles. The number of amides is 7. The van der Waals surface area contributed by atoms with Crippen LogP contribution in [0.4, 0.5) is 10.5 Å². The van der Waals surface area contributed by atoms with Gasteiger partial charge in [-0.1, -0.05) is 48.5 Å². The van der Waals surface area contributed by atoms with Crippen molar-refractivity contribution in [3.63, 3.8) is 0 Å². The van der Waals surface area contributed by atoms with Crippen molar-refractivity contribution in [3.05, 3.63) is 78.5 Å². The van der Waals surface area contributed by atoms with Crippen LogP contribution in [0.25, 0.3) is 21.7 Å². The molecule has 1 unspecified atom stereocenters. The van der Waals surface area contributed by atoms with Crippen LogP contribution < -0.4 is 32.3 Å². The number of nitrogens with two attached hydrogens (primary N) is 1. The van der Waals surface area contributed by atoms with Gasteiger partial charge in [0.1, 0.15) is 30.0 Å². The van der Waals surface area contributed by atoms with E-state index in [9.17, 15) is 38.7 Å². The monoisotopic (exact) mass is 802 g/mol. The molecule has 0 spiro atoms. The molecule has 1 fully saturated rings. The molecule has 5 rings (SSSR count). The number of halogens is 1. The van der Waals surface area contributed by atoms with Gasteiger partial charge in [0, 0.05) is 48.7 Å². The molecule has 1 aromatic heterocycles. The van der Waals surface area contributed by atoms with Crippen LogP contribution in [0, 0.1) is 0 Å². The molecule has 57 heavy (non-hydrogen) atoms. The Bertz CT molecular complexity index is 2110. The Morgan fingerprint density at radius 1 is 0.860 bits per heavy atom. The molecule has 1 aliphatic rings. The molecule has 0 saturated carbocycles. The zero-order valence-corrected chi connectivity index (χ0v) is 32.0. The Kier molecular flexibility index (Phi) is 14.8. The minimum Gasteiger partial charge on any atom is -0.481 e. The van der Waals surface area contributed by atoms with Gasteiger partial charge in [0.25, 0.3) is 0 Å². The Morgan fingerprint density at radius 2 is 1.61 bits per heavy atom. The number of para-hydroxylation sites is 1. The smallest absolute Gasteiger partial charge is 0.312 e. The van der Waals surface area contributed by atoms with Crippen molar-refractivity contribution in [2.24, 2.45) is 5.73 Å². The number of alkyl halides is 1. The number of nitrogens with zero attached hydrogens (tertiary/aromatic N) is 1. The summed E-state index contributed by atoms with van der Waals surface area (Å²) < 4.78 is 0. The number of fused-ring (bicyclic) bond motifs is 2. The second kappa shape index (κ2) is 20.1. The Morgan fingerprint density at radius 3 is 2.37 bits per heavy atom. The number of anilines is 1. The van der Waals surface area contributed by atoms with E-state index in [1.54, 1.807) is 12.3 Å². The molecule has 302 valence electrons. The lowest BCUT2D eigenvalue weighted by Crippen LogP contribution is -2.60. The first-order valence-corrected chi connectivity index (χ1v) is 19.3. The van der Waals surface area contributed by atoms with Crippen molar-refractivity contribution >= 4 is 80.5 Å². The number of rotatable bonds is 18. The lowest BCUT2D eigenvalue weighted by atomic mass is 9.97. The largest absolute Gasteiger partial charge is 0.481 e. The molecule has 0 bridgehead atoms. The Hall–Kier alpha value is -6.16. The molecule has 9 N–H and O–H groups in total. The molecule has 1 aliphatic heterocycles. The summed E-state index contributed by atoms with van der Waals surface area (Å²) in [6, 6.07) is 15.2. The van der Waals surface area contributed by atoms with Crippen LogP contribution in [0.2, 0.25) is 0 Å². The van der Waals surface area contributed by atoms with E-state index < -0.39 is 78.0 Å². The quantitative estimate of drug-likeness (QED) is 0.0548. The SMILES string of the molecule is NC(=O)NCCC[C@H](NC(=O)C(Cc1c[nH]c2ccccc12)NC(=O)[C@@H]1CCCCN1C(=O)[C@H](CCC(=O)O)NC(=O)CCl)C(=O)Nc1ccc2ccccc2c1. The molecule has 1 saturated heterocycles. The van der Waals surface area contributed by atoms with Gasteiger partial charge < -0.3 is 47.3 Å². The average molecular weight is 803 g/mol. The summed E-state index contributed by atoms with van der Waals surface area (Å²) >= 11 is 5.67. The molecular formula is C40H47ClN8O8. The molecule has 4 aromatic rings. The highest BCUT2D eigenvalue weighted by Gasteiger charge is 2.38. The summed E-state index contributed by atoms with van der Waals surface area (Å²) in [6.07, 6.45) is 2.90. The van der Waals surface area contributed by atoms with Crippen LogP contribution in [0.3, 0.4) is 0 Å². The van der Waals surface area contributed by atoms with E-state index in [-0.39, 0.29) is 45.2 Å². The molecule has 3 aromatic carbocycles. The van der Waals surface area contributed by atoms with Crippen LogP contribution in [0.15, 0.2) is 72.9 Å². The highest BCUT2D eigenvalue weighted by Crippen LogP contribution is 2.23.